The molecule has 0 aromatic heterocycles. The van der Waals surface area contributed by atoms with Crippen LogP contribution in [-0.4, -0.2) is 0 Å². The van der Waals surface area contributed by atoms with Crippen LogP contribution in [0.2, 0.25) is 0 Å². The Kier molecular flexibility index (Phi) is 43.2. The smallest absolute Gasteiger partial charge is 0.0233 e. The van der Waals surface area contributed by atoms with Gasteiger partial charge in [-0.3, -0.25) is 0 Å². The lowest BCUT2D eigenvalue weighted by atomic mass is 10.2. The van der Waals surface area contributed by atoms with Crippen LogP contribution in [-0.2, 0) is 0 Å². The lowest BCUT2D eigenvalue weighted by Crippen LogP contribution is -2.20. The molecule has 0 aliphatic rings. The fraction of sp³-hybridized carbons (Fsp3) is 0.529. The fourth-order valence-corrected chi connectivity index (χ4v) is 0.816. The van der Waals surface area contributed by atoms with Crippen LogP contribution < -0.4 is 10.4 Å². The van der Waals surface area contributed by atoms with Gasteiger partial charge in [-0.05, 0) is 17.4 Å². The summed E-state index contributed by atoms with van der Waals surface area (Å²) < 4.78 is 0. The van der Waals surface area contributed by atoms with Crippen molar-refractivity contribution in [3.05, 3.63) is 34.7 Å². The molecule has 17 heavy (non-hydrogen) atoms. The summed E-state index contributed by atoms with van der Waals surface area (Å²) in [4.78, 5) is 0. The Balaban J connectivity index is -0.0000000905. The van der Waals surface area contributed by atoms with Gasteiger partial charge >= 0.3 is 0 Å². The second-order valence-electron chi connectivity index (χ2n) is 1.99. The minimum atomic E-state index is 1.10. The van der Waals surface area contributed by atoms with Crippen molar-refractivity contribution in [2.75, 3.05) is 0 Å². The molecule has 0 fully saturated rings. The highest BCUT2D eigenvalue weighted by Crippen LogP contribution is 1.68. The third-order valence-electron chi connectivity index (χ3n) is 1.37. The van der Waals surface area contributed by atoms with Gasteiger partial charge in [-0.15, -0.1) is 0 Å². The lowest BCUT2D eigenvalue weighted by Gasteiger charge is -1.82. The summed E-state index contributed by atoms with van der Waals surface area (Å²) in [7, 11) is 0. The van der Waals surface area contributed by atoms with Crippen molar-refractivity contribution < 1.29 is 0 Å². The van der Waals surface area contributed by atoms with E-state index in [1.165, 1.54) is 5.22 Å². The summed E-state index contributed by atoms with van der Waals surface area (Å²) in [5.41, 5.74) is 0. The maximum absolute atomic E-state index is 3.86. The van der Waals surface area contributed by atoms with Gasteiger partial charge < -0.3 is 0 Å². The van der Waals surface area contributed by atoms with Gasteiger partial charge in [0.2, 0.25) is 0 Å². The van der Waals surface area contributed by atoms with E-state index in [0.717, 1.165) is 5.22 Å². The van der Waals surface area contributed by atoms with E-state index in [0.29, 0.717) is 0 Å². The molecule has 0 atom stereocenters. The molecule has 0 aliphatic heterocycles. The number of rotatable bonds is 0. The number of hydrogen-bond donors (Lipinski definition) is 0. The molecule has 1 aromatic rings. The first-order valence-corrected chi connectivity index (χ1v) is 7.05. The Labute approximate surface area is 110 Å². The standard InChI is InChI=1S/C9H10.4C2H6/c1-3-9-7-5-4-6-8(9)2;4*1-2/h3-7H,2H2,1H3;4*1-2H3/b9-3-;;;;. The second-order valence-corrected chi connectivity index (χ2v) is 1.99. The predicted octanol–water partition coefficient (Wildman–Crippen LogP) is 5.00. The normalized spacial score (nSPS) is 7.71. The zero-order valence-corrected chi connectivity index (χ0v) is 13.6. The average Bonchev–Trinajstić information content (AvgIpc) is 2.48. The van der Waals surface area contributed by atoms with Gasteiger partial charge in [0, 0.05) is 0 Å². The molecule has 0 amide bonds. The molecule has 0 saturated heterocycles. The largest absolute Gasteiger partial charge is 0.0912 e. The molecule has 0 saturated carbocycles. The van der Waals surface area contributed by atoms with Crippen LogP contribution in [0.3, 0.4) is 0 Å². The first-order chi connectivity index (χ1) is 8.34. The van der Waals surface area contributed by atoms with Gasteiger partial charge in [-0.2, -0.15) is 0 Å². The Morgan fingerprint density at radius 2 is 1.12 bits per heavy atom. The highest BCUT2D eigenvalue weighted by atomic mass is 13.8. The van der Waals surface area contributed by atoms with Crippen LogP contribution in [0.1, 0.15) is 62.3 Å². The first-order valence-electron chi connectivity index (χ1n) is 7.05. The van der Waals surface area contributed by atoms with Crippen molar-refractivity contribution in [3.63, 3.8) is 0 Å². The van der Waals surface area contributed by atoms with Crippen LogP contribution in [0.5, 0.6) is 0 Å². The highest BCUT2D eigenvalue weighted by Gasteiger charge is 1.74. The fourth-order valence-electron chi connectivity index (χ4n) is 0.816. The van der Waals surface area contributed by atoms with Crippen LogP contribution in [0.15, 0.2) is 24.3 Å². The molecule has 1 rings (SSSR count). The first kappa shape index (κ1) is 25.0. The zero-order chi connectivity index (χ0) is 14.7. The Morgan fingerprint density at radius 3 is 1.35 bits per heavy atom. The molecule has 0 N–H and O–H groups in total. The summed E-state index contributed by atoms with van der Waals surface area (Å²) in [6.45, 7) is 21.9. The maximum Gasteiger partial charge on any atom is -0.0233 e. The molecule has 0 spiro atoms. The summed E-state index contributed by atoms with van der Waals surface area (Å²) in [5.74, 6) is 0. The molecule has 102 valence electrons. The Morgan fingerprint density at radius 1 is 0.765 bits per heavy atom. The van der Waals surface area contributed by atoms with Crippen LogP contribution in [0, 0.1) is 0 Å². The zero-order valence-electron chi connectivity index (χ0n) is 13.6. The minimum absolute atomic E-state index is 1.10. The van der Waals surface area contributed by atoms with E-state index < -0.39 is 0 Å². The molecule has 0 radical (unpaired) electrons. The van der Waals surface area contributed by atoms with E-state index in [2.05, 4.69) is 18.7 Å². The predicted molar refractivity (Wildman–Crippen MR) is 86.7 cm³/mol. The summed E-state index contributed by atoms with van der Waals surface area (Å²) in [6.07, 6.45) is 2.06. The molecule has 1 aromatic carbocycles. The Hall–Kier alpha value is -1.04. The van der Waals surface area contributed by atoms with Crippen LogP contribution >= 0.6 is 0 Å². The van der Waals surface area contributed by atoms with Gasteiger partial charge in [0.25, 0.3) is 0 Å². The Bertz CT molecular complexity index is 283. The number of hydrogen-bond acceptors (Lipinski definition) is 0. The molecular weight excluding hydrogens is 204 g/mol. The van der Waals surface area contributed by atoms with Gasteiger partial charge in [0.1, 0.15) is 0 Å². The summed E-state index contributed by atoms with van der Waals surface area (Å²) in [5, 5.41) is 2.32. The lowest BCUT2D eigenvalue weighted by molar-refractivity contribution is 1.50. The van der Waals surface area contributed by atoms with Crippen molar-refractivity contribution in [3.8, 4) is 0 Å². The van der Waals surface area contributed by atoms with Crippen LogP contribution in [0.25, 0.3) is 12.7 Å². The molecule has 0 unspecified atom stereocenters. The highest BCUT2D eigenvalue weighted by molar-refractivity contribution is 5.23. The van der Waals surface area contributed by atoms with E-state index >= 15 is 0 Å². The topological polar surface area (TPSA) is 0 Å². The molecule has 0 heteroatoms. The minimum Gasteiger partial charge on any atom is -0.0912 e. The second kappa shape index (κ2) is 29.4. The number of benzene rings is 1. The molecule has 0 heterocycles. The van der Waals surface area contributed by atoms with Crippen molar-refractivity contribution >= 4 is 12.7 Å². The van der Waals surface area contributed by atoms with Crippen molar-refractivity contribution in [1.29, 1.82) is 0 Å². The van der Waals surface area contributed by atoms with Crippen molar-refractivity contribution in [1.82, 2.24) is 0 Å². The van der Waals surface area contributed by atoms with Crippen molar-refractivity contribution in [2.24, 2.45) is 0 Å². The third kappa shape index (κ3) is 17.6. The molecule has 0 bridgehead atoms. The quantitative estimate of drug-likeness (QED) is 0.596. The summed E-state index contributed by atoms with van der Waals surface area (Å²) in [6, 6.07) is 8.08. The van der Waals surface area contributed by atoms with Gasteiger partial charge in [0.05, 0.1) is 0 Å². The SMILES string of the molecule is C=c1cccc/c1=C/C.CC.CC.CC.CC. The van der Waals surface area contributed by atoms with E-state index in [1.807, 2.05) is 80.5 Å². The summed E-state index contributed by atoms with van der Waals surface area (Å²) >= 11 is 0. The van der Waals surface area contributed by atoms with Gasteiger partial charge in [-0.25, -0.2) is 0 Å². The van der Waals surface area contributed by atoms with E-state index in [9.17, 15) is 0 Å². The molecule has 0 nitrogen and oxygen atoms in total. The van der Waals surface area contributed by atoms with E-state index in [4.69, 9.17) is 0 Å². The van der Waals surface area contributed by atoms with Gasteiger partial charge in [-0.1, -0.05) is 92.3 Å². The van der Waals surface area contributed by atoms with Crippen LogP contribution in [0.4, 0.5) is 0 Å². The maximum atomic E-state index is 3.86. The monoisotopic (exact) mass is 238 g/mol. The molecular formula is C17H34. The average molecular weight is 238 g/mol. The third-order valence-corrected chi connectivity index (χ3v) is 1.37. The molecule has 0 aliphatic carbocycles. The van der Waals surface area contributed by atoms with E-state index in [-0.39, 0.29) is 0 Å². The van der Waals surface area contributed by atoms with Gasteiger partial charge in [0.15, 0.2) is 0 Å². The van der Waals surface area contributed by atoms with Crippen molar-refractivity contribution in [2.45, 2.75) is 62.3 Å². The van der Waals surface area contributed by atoms with E-state index in [1.54, 1.807) is 0 Å².